The molecular weight excluding hydrogens is 496 g/mol. The van der Waals surface area contributed by atoms with Crippen molar-refractivity contribution in [3.63, 3.8) is 0 Å². The van der Waals surface area contributed by atoms with Gasteiger partial charge in [0, 0.05) is 30.3 Å². The number of hydrogen-bond acceptors (Lipinski definition) is 6. The lowest BCUT2D eigenvalue weighted by molar-refractivity contribution is 0.0543. The molecule has 7 nitrogen and oxygen atoms in total. The van der Waals surface area contributed by atoms with Gasteiger partial charge in [0.2, 0.25) is 0 Å². The third-order valence-corrected chi connectivity index (χ3v) is 8.48. The smallest absolute Gasteiger partial charge is 0.251 e. The lowest BCUT2D eigenvalue weighted by Crippen LogP contribution is -2.43. The van der Waals surface area contributed by atoms with Crippen LogP contribution in [0.15, 0.2) is 41.5 Å². The second-order valence-corrected chi connectivity index (χ2v) is 11.6. The fourth-order valence-corrected chi connectivity index (χ4v) is 6.22. The van der Waals surface area contributed by atoms with Gasteiger partial charge in [-0.15, -0.1) is 0 Å². The number of nitrogens with zero attached hydrogens (tertiary/aromatic N) is 3. The molecule has 2 aromatic rings. The van der Waals surface area contributed by atoms with Crippen LogP contribution in [-0.4, -0.2) is 54.0 Å². The maximum atomic E-state index is 12.6. The summed E-state index contributed by atoms with van der Waals surface area (Å²) >= 11 is 5.46. The third-order valence-electron chi connectivity index (χ3n) is 7.39. The molecule has 2 heterocycles. The van der Waals surface area contributed by atoms with Gasteiger partial charge in [0.25, 0.3) is 5.91 Å². The summed E-state index contributed by atoms with van der Waals surface area (Å²) in [5, 5.41) is 19.9. The third kappa shape index (κ3) is 4.98. The lowest BCUT2D eigenvalue weighted by Gasteiger charge is -2.37. The Morgan fingerprint density at radius 1 is 1.28 bits per heavy atom. The van der Waals surface area contributed by atoms with E-state index in [1.165, 1.54) is 0 Å². The number of ether oxygens (including phenoxy) is 1. The first-order valence-electron chi connectivity index (χ1n) is 12.3. The number of halogens is 1. The quantitative estimate of drug-likeness (QED) is 0.577. The fraction of sp³-hybridized carbons (Fsp3) is 0.444. The molecule has 5 rings (SSSR count). The van der Waals surface area contributed by atoms with Crippen molar-refractivity contribution in [3.8, 4) is 6.07 Å². The number of anilines is 1. The van der Waals surface area contributed by atoms with E-state index in [2.05, 4.69) is 16.4 Å². The van der Waals surface area contributed by atoms with Gasteiger partial charge in [-0.25, -0.2) is 0 Å². The Balaban J connectivity index is 1.46. The summed E-state index contributed by atoms with van der Waals surface area (Å²) in [6, 6.07) is 13.7. The van der Waals surface area contributed by atoms with Crippen molar-refractivity contribution in [2.24, 2.45) is 16.9 Å². The van der Waals surface area contributed by atoms with Crippen LogP contribution in [-0.2, 0) is 22.3 Å². The highest BCUT2D eigenvalue weighted by molar-refractivity contribution is 7.90. The summed E-state index contributed by atoms with van der Waals surface area (Å²) in [6.07, 6.45) is 5.43. The van der Waals surface area contributed by atoms with Gasteiger partial charge in [0.15, 0.2) is 0 Å². The van der Waals surface area contributed by atoms with Crippen LogP contribution in [0.3, 0.4) is 0 Å². The lowest BCUT2D eigenvalue weighted by atomic mass is 9.73. The number of hydrazone groups is 1. The Morgan fingerprint density at radius 2 is 2.08 bits per heavy atom. The number of rotatable bonds is 6. The van der Waals surface area contributed by atoms with Crippen LogP contribution < -0.4 is 10.3 Å². The number of nitrogens with one attached hydrogen (secondary N) is 1. The Labute approximate surface area is 219 Å². The zero-order valence-electron chi connectivity index (χ0n) is 20.2. The largest absolute Gasteiger partial charge is 0.617 e. The van der Waals surface area contributed by atoms with Gasteiger partial charge >= 0.3 is 0 Å². The minimum Gasteiger partial charge on any atom is -0.617 e. The van der Waals surface area contributed by atoms with E-state index in [0.717, 1.165) is 61.4 Å². The number of aryl methyl sites for hydroxylation is 1. The zero-order chi connectivity index (χ0) is 25.2. The molecular formula is C27H29ClN4O3S. The number of carbonyl (C=O) groups is 1. The molecule has 2 aromatic carbocycles. The minimum absolute atomic E-state index is 0.146. The number of benzene rings is 2. The van der Waals surface area contributed by atoms with Crippen LogP contribution >= 0.6 is 11.6 Å². The van der Waals surface area contributed by atoms with Gasteiger partial charge < -0.3 is 14.6 Å². The average Bonchev–Trinajstić information content (AvgIpc) is 3.28. The molecule has 0 spiro atoms. The van der Waals surface area contributed by atoms with Crippen molar-refractivity contribution in [2.45, 2.75) is 31.7 Å². The van der Waals surface area contributed by atoms with Crippen molar-refractivity contribution in [3.05, 3.63) is 63.7 Å². The van der Waals surface area contributed by atoms with Crippen molar-refractivity contribution in [1.82, 2.24) is 5.32 Å². The van der Waals surface area contributed by atoms with E-state index in [-0.39, 0.29) is 17.9 Å². The van der Waals surface area contributed by atoms with Gasteiger partial charge in [-0.2, -0.15) is 10.4 Å². The number of hydrogen-bond donors (Lipinski definition) is 1. The maximum absolute atomic E-state index is 12.6. The summed E-state index contributed by atoms with van der Waals surface area (Å²) in [5.74, 6) is 1.01. The minimum atomic E-state index is -0.939. The Hall–Kier alpha value is -2.57. The zero-order valence-corrected chi connectivity index (χ0v) is 21.8. The van der Waals surface area contributed by atoms with Crippen molar-refractivity contribution in [1.29, 1.82) is 5.26 Å². The molecule has 0 aromatic heterocycles. The summed E-state index contributed by atoms with van der Waals surface area (Å²) in [4.78, 5) is 12.6. The van der Waals surface area contributed by atoms with E-state index in [0.29, 0.717) is 34.4 Å². The molecule has 188 valence electrons. The fourth-order valence-electron chi connectivity index (χ4n) is 5.62. The molecule has 3 unspecified atom stereocenters. The van der Waals surface area contributed by atoms with E-state index in [1.807, 2.05) is 30.3 Å². The number of nitriles is 1. The number of fused-ring (bicyclic) bond motifs is 3. The van der Waals surface area contributed by atoms with E-state index >= 15 is 0 Å². The maximum Gasteiger partial charge on any atom is 0.251 e. The summed E-state index contributed by atoms with van der Waals surface area (Å²) in [7, 11) is 0. The molecule has 1 fully saturated rings. The summed E-state index contributed by atoms with van der Waals surface area (Å²) < 4.78 is 16.9. The Bertz CT molecular complexity index is 1220. The standard InChI is InChI=1S/C27H29ClN4O3S/c1-36(34)13-10-30-27(33)19-4-6-22-18(14-19)3-7-23-25(22)31-32(26(23)17-8-11-35-12-9-17)21-5-2-20(16-29)24(28)15-21/h2,4-6,14-15,17,23,26H,3,7-13H2,1H3,(H,30,33). The summed E-state index contributed by atoms with van der Waals surface area (Å²) in [5.41, 5.74) is 5.24. The predicted molar refractivity (Wildman–Crippen MR) is 142 cm³/mol. The Morgan fingerprint density at radius 3 is 2.81 bits per heavy atom. The molecule has 0 bridgehead atoms. The van der Waals surface area contributed by atoms with Crippen LogP contribution in [0.4, 0.5) is 5.69 Å². The molecule has 3 aliphatic rings. The highest BCUT2D eigenvalue weighted by Crippen LogP contribution is 2.43. The van der Waals surface area contributed by atoms with Gasteiger partial charge in [0.05, 0.1) is 40.8 Å². The second-order valence-electron chi connectivity index (χ2n) is 9.60. The van der Waals surface area contributed by atoms with E-state index in [4.69, 9.17) is 21.4 Å². The highest BCUT2D eigenvalue weighted by atomic mass is 35.5. The molecule has 9 heteroatoms. The van der Waals surface area contributed by atoms with E-state index in [9.17, 15) is 14.6 Å². The number of amides is 1. The average molecular weight is 525 g/mol. The van der Waals surface area contributed by atoms with Crippen molar-refractivity contribution >= 4 is 40.1 Å². The number of carbonyl (C=O) groups excluding carboxylic acids is 1. The molecule has 0 radical (unpaired) electrons. The molecule has 3 atom stereocenters. The molecule has 1 N–H and O–H groups in total. The molecule has 0 saturated carbocycles. The Kier molecular flexibility index (Phi) is 7.54. The van der Waals surface area contributed by atoms with Crippen LogP contribution in [0.2, 0.25) is 5.02 Å². The van der Waals surface area contributed by atoms with Crippen LogP contribution in [0.5, 0.6) is 0 Å². The second kappa shape index (κ2) is 10.8. The molecule has 2 aliphatic heterocycles. The van der Waals surface area contributed by atoms with Crippen molar-refractivity contribution in [2.75, 3.05) is 36.8 Å². The topological polar surface area (TPSA) is 101 Å². The normalized spacial score (nSPS) is 22.3. The summed E-state index contributed by atoms with van der Waals surface area (Å²) in [6.45, 7) is 1.90. The molecule has 1 saturated heterocycles. The first-order chi connectivity index (χ1) is 17.5. The first kappa shape index (κ1) is 25.1. The van der Waals surface area contributed by atoms with Crippen LogP contribution in [0, 0.1) is 23.2 Å². The first-order valence-corrected chi connectivity index (χ1v) is 14.4. The van der Waals surface area contributed by atoms with Gasteiger partial charge in [-0.3, -0.25) is 9.80 Å². The van der Waals surface area contributed by atoms with E-state index < -0.39 is 11.2 Å². The molecule has 1 aliphatic carbocycles. The van der Waals surface area contributed by atoms with Crippen LogP contribution in [0.25, 0.3) is 0 Å². The molecule has 1 amide bonds. The van der Waals surface area contributed by atoms with Crippen LogP contribution in [0.1, 0.15) is 46.3 Å². The molecule has 36 heavy (non-hydrogen) atoms. The monoisotopic (exact) mass is 524 g/mol. The van der Waals surface area contributed by atoms with E-state index in [1.54, 1.807) is 12.3 Å². The predicted octanol–water partition coefficient (Wildman–Crippen LogP) is 3.90. The van der Waals surface area contributed by atoms with Gasteiger partial charge in [-0.1, -0.05) is 28.8 Å². The highest BCUT2D eigenvalue weighted by Gasteiger charge is 2.45. The van der Waals surface area contributed by atoms with Gasteiger partial charge in [0.1, 0.15) is 11.8 Å². The van der Waals surface area contributed by atoms with Crippen molar-refractivity contribution < 1.29 is 14.1 Å². The van der Waals surface area contributed by atoms with Gasteiger partial charge in [-0.05, 0) is 67.5 Å². The SMILES string of the molecule is C[S+]([O-])CCNC(=O)c1ccc2c(c1)CCC1C2=NN(c2ccc(C#N)c(Cl)c2)C1C1CCOCC1.